The summed E-state index contributed by atoms with van der Waals surface area (Å²) in [5.41, 5.74) is 11.9. The van der Waals surface area contributed by atoms with Gasteiger partial charge in [0.15, 0.2) is 11.6 Å². The SMILES string of the molecule is NC(=O)c1cc(F)c(N[C@@H]2CCCC[C@@H]2N)nc1Nc1cc(Cl)cc(Cl)c1. The fourth-order valence-electron chi connectivity index (χ4n) is 3.15. The van der Waals surface area contributed by atoms with Gasteiger partial charge >= 0.3 is 0 Å². The van der Waals surface area contributed by atoms with E-state index in [0.29, 0.717) is 15.7 Å². The molecule has 0 radical (unpaired) electrons. The van der Waals surface area contributed by atoms with Crippen molar-refractivity contribution in [3.8, 4) is 0 Å². The Labute approximate surface area is 166 Å². The summed E-state index contributed by atoms with van der Waals surface area (Å²) in [6.07, 6.45) is 3.76. The average Bonchev–Trinajstić information content (AvgIpc) is 2.58. The minimum absolute atomic E-state index is 0.0120. The smallest absolute Gasteiger partial charge is 0.252 e. The van der Waals surface area contributed by atoms with Gasteiger partial charge in [0, 0.05) is 27.8 Å². The number of halogens is 3. The van der Waals surface area contributed by atoms with E-state index < -0.39 is 11.7 Å². The number of aromatic nitrogens is 1. The van der Waals surface area contributed by atoms with Crippen molar-refractivity contribution in [3.63, 3.8) is 0 Å². The maximum atomic E-state index is 14.5. The molecule has 1 aromatic carbocycles. The lowest BCUT2D eigenvalue weighted by atomic mass is 9.91. The van der Waals surface area contributed by atoms with Crippen molar-refractivity contribution >= 4 is 46.4 Å². The Morgan fingerprint density at radius 1 is 1.11 bits per heavy atom. The maximum Gasteiger partial charge on any atom is 0.252 e. The van der Waals surface area contributed by atoms with E-state index in [-0.39, 0.29) is 29.3 Å². The number of anilines is 3. The van der Waals surface area contributed by atoms with Gasteiger partial charge in [0.05, 0.1) is 5.56 Å². The van der Waals surface area contributed by atoms with E-state index in [0.717, 1.165) is 31.7 Å². The lowest BCUT2D eigenvalue weighted by Gasteiger charge is -2.30. The van der Waals surface area contributed by atoms with Gasteiger partial charge in [0.25, 0.3) is 5.91 Å². The highest BCUT2D eigenvalue weighted by Crippen LogP contribution is 2.29. The summed E-state index contributed by atoms with van der Waals surface area (Å²) in [6, 6.07) is 5.66. The van der Waals surface area contributed by atoms with Crippen LogP contribution in [-0.4, -0.2) is 23.0 Å². The molecular weight excluding hydrogens is 392 g/mol. The zero-order valence-electron chi connectivity index (χ0n) is 14.4. The first-order valence-corrected chi connectivity index (χ1v) is 9.34. The van der Waals surface area contributed by atoms with Crippen LogP contribution >= 0.6 is 23.2 Å². The quantitative estimate of drug-likeness (QED) is 0.593. The van der Waals surface area contributed by atoms with Crippen LogP contribution in [0.15, 0.2) is 24.3 Å². The van der Waals surface area contributed by atoms with Crippen molar-refractivity contribution in [3.05, 3.63) is 45.7 Å². The van der Waals surface area contributed by atoms with E-state index >= 15 is 0 Å². The number of primary amides is 1. The molecule has 27 heavy (non-hydrogen) atoms. The molecule has 0 saturated heterocycles. The number of hydrogen-bond donors (Lipinski definition) is 4. The predicted molar refractivity (Wildman–Crippen MR) is 106 cm³/mol. The summed E-state index contributed by atoms with van der Waals surface area (Å²) < 4.78 is 14.5. The maximum absolute atomic E-state index is 14.5. The molecule has 1 fully saturated rings. The van der Waals surface area contributed by atoms with Crippen LogP contribution in [0.3, 0.4) is 0 Å². The van der Waals surface area contributed by atoms with Crippen molar-refractivity contribution < 1.29 is 9.18 Å². The van der Waals surface area contributed by atoms with Crippen LogP contribution in [0.2, 0.25) is 10.0 Å². The van der Waals surface area contributed by atoms with Gasteiger partial charge in [0.2, 0.25) is 0 Å². The highest BCUT2D eigenvalue weighted by atomic mass is 35.5. The van der Waals surface area contributed by atoms with E-state index in [1.165, 1.54) is 0 Å². The largest absolute Gasteiger partial charge is 0.365 e. The van der Waals surface area contributed by atoms with Crippen LogP contribution < -0.4 is 22.1 Å². The van der Waals surface area contributed by atoms with Gasteiger partial charge in [-0.1, -0.05) is 36.0 Å². The first-order chi connectivity index (χ1) is 12.8. The Balaban J connectivity index is 1.94. The second kappa shape index (κ2) is 8.29. The molecule has 6 nitrogen and oxygen atoms in total. The van der Waals surface area contributed by atoms with Crippen molar-refractivity contribution in [1.82, 2.24) is 4.98 Å². The fraction of sp³-hybridized carbons (Fsp3) is 0.333. The molecule has 2 aromatic rings. The molecule has 0 aliphatic heterocycles. The Morgan fingerprint density at radius 2 is 1.78 bits per heavy atom. The highest BCUT2D eigenvalue weighted by molar-refractivity contribution is 6.35. The molecule has 1 amide bonds. The van der Waals surface area contributed by atoms with Crippen molar-refractivity contribution in [2.45, 2.75) is 37.8 Å². The third kappa shape index (κ3) is 4.80. The standard InChI is InChI=1S/C18H20Cl2FN5O/c19-9-5-10(20)7-11(6-9)24-17-12(16(23)27)8-13(21)18(26-17)25-15-4-2-1-3-14(15)22/h5-8,14-15H,1-4,22H2,(H2,23,27)(H2,24,25,26)/t14-,15+/m0/s1. The van der Waals surface area contributed by atoms with E-state index in [1.807, 2.05) is 0 Å². The molecule has 0 bridgehead atoms. The van der Waals surface area contributed by atoms with E-state index in [1.54, 1.807) is 18.2 Å². The Kier molecular flexibility index (Phi) is 6.04. The number of carbonyl (C=O) groups is 1. The van der Waals surface area contributed by atoms with Crippen LogP contribution in [0.1, 0.15) is 36.0 Å². The third-order valence-corrected chi connectivity index (χ3v) is 4.94. The molecule has 9 heteroatoms. The van der Waals surface area contributed by atoms with Crippen molar-refractivity contribution in [2.75, 3.05) is 10.6 Å². The van der Waals surface area contributed by atoms with Gasteiger partial charge in [-0.2, -0.15) is 0 Å². The molecule has 6 N–H and O–H groups in total. The van der Waals surface area contributed by atoms with Crippen LogP contribution in [0.5, 0.6) is 0 Å². The molecule has 2 atom stereocenters. The molecule has 1 aliphatic rings. The molecule has 1 aliphatic carbocycles. The van der Waals surface area contributed by atoms with Crippen LogP contribution in [0.4, 0.5) is 21.7 Å². The van der Waals surface area contributed by atoms with Gasteiger partial charge in [-0.15, -0.1) is 0 Å². The van der Waals surface area contributed by atoms with Crippen molar-refractivity contribution in [1.29, 1.82) is 0 Å². The summed E-state index contributed by atoms with van der Waals surface area (Å²) in [5, 5.41) is 6.80. The predicted octanol–water partition coefficient (Wildman–Crippen LogP) is 4.05. The molecule has 0 unspecified atom stereocenters. The lowest BCUT2D eigenvalue weighted by molar-refractivity contribution is 0.100. The molecule has 144 valence electrons. The van der Waals surface area contributed by atoms with Crippen molar-refractivity contribution in [2.24, 2.45) is 11.5 Å². The van der Waals surface area contributed by atoms with Crippen LogP contribution in [0, 0.1) is 5.82 Å². The molecular formula is C18H20Cl2FN5O. The number of benzene rings is 1. The van der Waals surface area contributed by atoms with Gasteiger partial charge in [-0.3, -0.25) is 4.79 Å². The number of hydrogen-bond acceptors (Lipinski definition) is 5. The summed E-state index contributed by atoms with van der Waals surface area (Å²) in [4.78, 5) is 16.0. The topological polar surface area (TPSA) is 106 Å². The first kappa shape index (κ1) is 19.7. The monoisotopic (exact) mass is 411 g/mol. The molecule has 0 spiro atoms. The minimum Gasteiger partial charge on any atom is -0.365 e. The Bertz CT molecular complexity index is 844. The first-order valence-electron chi connectivity index (χ1n) is 8.59. The zero-order valence-corrected chi connectivity index (χ0v) is 15.9. The summed E-state index contributed by atoms with van der Waals surface area (Å²) in [7, 11) is 0. The summed E-state index contributed by atoms with van der Waals surface area (Å²) in [6.45, 7) is 0. The zero-order chi connectivity index (χ0) is 19.6. The summed E-state index contributed by atoms with van der Waals surface area (Å²) in [5.74, 6) is -1.36. The van der Waals surface area contributed by atoms with Crippen LogP contribution in [0.25, 0.3) is 0 Å². The molecule has 1 aromatic heterocycles. The number of carbonyl (C=O) groups excluding carboxylic acids is 1. The highest BCUT2D eigenvalue weighted by Gasteiger charge is 2.24. The van der Waals surface area contributed by atoms with E-state index in [2.05, 4.69) is 15.6 Å². The van der Waals surface area contributed by atoms with Gasteiger partial charge in [-0.05, 0) is 37.1 Å². The van der Waals surface area contributed by atoms with Gasteiger partial charge < -0.3 is 22.1 Å². The lowest BCUT2D eigenvalue weighted by Crippen LogP contribution is -2.43. The number of nitrogens with two attached hydrogens (primary N) is 2. The number of rotatable bonds is 5. The average molecular weight is 412 g/mol. The summed E-state index contributed by atoms with van der Waals surface area (Å²) >= 11 is 12.0. The molecule has 1 heterocycles. The second-order valence-electron chi connectivity index (χ2n) is 6.56. The minimum atomic E-state index is -0.807. The number of nitrogens with zero attached hydrogens (tertiary/aromatic N) is 1. The normalized spacial score (nSPS) is 19.6. The number of amides is 1. The fourth-order valence-corrected chi connectivity index (χ4v) is 3.68. The Hall–Kier alpha value is -2.09. The van der Waals surface area contributed by atoms with E-state index in [4.69, 9.17) is 34.7 Å². The van der Waals surface area contributed by atoms with Gasteiger partial charge in [-0.25, -0.2) is 9.37 Å². The van der Waals surface area contributed by atoms with Gasteiger partial charge in [0.1, 0.15) is 5.82 Å². The third-order valence-electron chi connectivity index (χ3n) is 4.51. The Morgan fingerprint density at radius 3 is 2.41 bits per heavy atom. The molecule has 3 rings (SSSR count). The number of nitrogens with one attached hydrogen (secondary N) is 2. The van der Waals surface area contributed by atoms with Crippen LogP contribution in [-0.2, 0) is 0 Å². The number of pyridine rings is 1. The van der Waals surface area contributed by atoms with E-state index in [9.17, 15) is 9.18 Å². The molecule has 1 saturated carbocycles. The second-order valence-corrected chi connectivity index (χ2v) is 7.43.